The number of carbonyl (C=O) groups is 1. The van der Waals surface area contributed by atoms with Gasteiger partial charge in [-0.2, -0.15) is 0 Å². The molecule has 1 aromatic carbocycles. The number of hydrogen-bond donors (Lipinski definition) is 1. The molecule has 2 aliphatic heterocycles. The molecule has 7 nitrogen and oxygen atoms in total. The first kappa shape index (κ1) is 21.5. The number of hydrogen-bond acceptors (Lipinski definition) is 5. The molecule has 3 heterocycles. The molecular formula is C23H31N5O2S. The Labute approximate surface area is 188 Å². The average molecular weight is 442 g/mol. The van der Waals surface area contributed by atoms with Crippen LogP contribution in [0.5, 0.6) is 5.75 Å². The van der Waals surface area contributed by atoms with Gasteiger partial charge in [-0.1, -0.05) is 6.07 Å². The van der Waals surface area contributed by atoms with Crippen molar-refractivity contribution >= 4 is 28.9 Å². The van der Waals surface area contributed by atoms with Gasteiger partial charge in [0.05, 0.1) is 7.11 Å². The Hall–Kier alpha value is -2.74. The van der Waals surface area contributed by atoms with E-state index in [0.29, 0.717) is 13.0 Å². The van der Waals surface area contributed by atoms with Gasteiger partial charge in [-0.25, -0.2) is 0 Å². The van der Waals surface area contributed by atoms with Crippen LogP contribution < -0.4 is 15.0 Å². The van der Waals surface area contributed by atoms with Gasteiger partial charge >= 0.3 is 0 Å². The summed E-state index contributed by atoms with van der Waals surface area (Å²) < 4.78 is 5.35. The quantitative estimate of drug-likeness (QED) is 0.571. The second-order valence-electron chi connectivity index (χ2n) is 7.83. The summed E-state index contributed by atoms with van der Waals surface area (Å²) in [6.45, 7) is 5.80. The summed E-state index contributed by atoms with van der Waals surface area (Å²) in [7, 11) is 3.50. The van der Waals surface area contributed by atoms with E-state index in [0.717, 1.165) is 57.4 Å². The van der Waals surface area contributed by atoms with E-state index in [1.807, 2.05) is 17.0 Å². The fraction of sp³-hybridized carbons (Fsp3) is 0.478. The zero-order chi connectivity index (χ0) is 21.6. The van der Waals surface area contributed by atoms with Gasteiger partial charge in [0.15, 0.2) is 5.96 Å². The number of piperazine rings is 1. The minimum atomic E-state index is 0.211. The van der Waals surface area contributed by atoms with Crippen LogP contribution in [0.15, 0.2) is 40.7 Å². The summed E-state index contributed by atoms with van der Waals surface area (Å²) >= 11 is 1.80. The third kappa shape index (κ3) is 5.12. The monoisotopic (exact) mass is 441 g/mol. The first-order valence-electron chi connectivity index (χ1n) is 10.9. The zero-order valence-electron chi connectivity index (χ0n) is 18.3. The number of rotatable bonds is 5. The number of nitrogens with zero attached hydrogens (tertiary/aromatic N) is 4. The zero-order valence-corrected chi connectivity index (χ0v) is 19.2. The fourth-order valence-corrected chi connectivity index (χ4v) is 5.11. The lowest BCUT2D eigenvalue weighted by Crippen LogP contribution is -2.53. The topological polar surface area (TPSA) is 60.4 Å². The maximum absolute atomic E-state index is 12.6. The van der Waals surface area contributed by atoms with E-state index in [9.17, 15) is 4.79 Å². The van der Waals surface area contributed by atoms with E-state index in [-0.39, 0.29) is 5.91 Å². The summed E-state index contributed by atoms with van der Waals surface area (Å²) in [4.78, 5) is 25.1. The van der Waals surface area contributed by atoms with Gasteiger partial charge in [-0.15, -0.1) is 11.3 Å². The number of guanidine groups is 1. The van der Waals surface area contributed by atoms with E-state index in [1.165, 1.54) is 16.1 Å². The normalized spacial score (nSPS) is 16.8. The van der Waals surface area contributed by atoms with Crippen LogP contribution in [0.4, 0.5) is 5.69 Å². The molecule has 0 unspecified atom stereocenters. The minimum absolute atomic E-state index is 0.211. The lowest BCUT2D eigenvalue weighted by atomic mass is 10.1. The molecular weight excluding hydrogens is 410 g/mol. The van der Waals surface area contributed by atoms with Gasteiger partial charge in [-0.05, 0) is 35.6 Å². The van der Waals surface area contributed by atoms with Gasteiger partial charge in [-0.3, -0.25) is 9.79 Å². The summed E-state index contributed by atoms with van der Waals surface area (Å²) in [5.41, 5.74) is 2.49. The van der Waals surface area contributed by atoms with Crippen LogP contribution in [0.2, 0.25) is 0 Å². The van der Waals surface area contributed by atoms with Crippen LogP contribution >= 0.6 is 11.3 Å². The van der Waals surface area contributed by atoms with Gasteiger partial charge in [0.2, 0.25) is 5.91 Å². The molecule has 1 saturated heterocycles. The van der Waals surface area contributed by atoms with Crippen molar-refractivity contribution in [1.29, 1.82) is 0 Å². The molecule has 0 atom stereocenters. The average Bonchev–Trinajstić information content (AvgIpc) is 3.30. The molecule has 0 saturated carbocycles. The fourth-order valence-electron chi connectivity index (χ4n) is 4.22. The molecule has 1 N–H and O–H groups in total. The molecule has 31 heavy (non-hydrogen) atoms. The number of aliphatic imine (C=N–C) groups is 1. The van der Waals surface area contributed by atoms with E-state index in [4.69, 9.17) is 4.74 Å². The van der Waals surface area contributed by atoms with Crippen LogP contribution in [0.3, 0.4) is 0 Å². The molecule has 4 rings (SSSR count). The Morgan fingerprint density at radius 2 is 2.00 bits per heavy atom. The standard InChI is InChI=1S/C23H31N5O2S/c1-24-23(25-9-6-22(29)28-10-7-21-18(17-28)8-15-31-21)27-13-11-26(12-14-27)19-4-3-5-20(16-19)30-2/h3-5,8,15-16H,6-7,9-14,17H2,1-2H3,(H,24,25). The number of nitrogens with one attached hydrogen (secondary N) is 1. The van der Waals surface area contributed by atoms with Crippen molar-refractivity contribution in [3.05, 3.63) is 46.2 Å². The van der Waals surface area contributed by atoms with Gasteiger partial charge in [0.25, 0.3) is 0 Å². The predicted molar refractivity (Wildman–Crippen MR) is 126 cm³/mol. The third-order valence-electron chi connectivity index (χ3n) is 5.99. The second kappa shape index (κ2) is 10.0. The number of methoxy groups -OCH3 is 1. The van der Waals surface area contributed by atoms with E-state index < -0.39 is 0 Å². The SMILES string of the molecule is CN=C(NCCC(=O)N1CCc2sccc2C1)N1CCN(c2cccc(OC)c2)CC1. The van der Waals surface area contributed by atoms with Crippen LogP contribution in [0.25, 0.3) is 0 Å². The molecule has 2 aromatic rings. The lowest BCUT2D eigenvalue weighted by Gasteiger charge is -2.37. The van der Waals surface area contributed by atoms with Crippen molar-refractivity contribution in [1.82, 2.24) is 15.1 Å². The van der Waals surface area contributed by atoms with Gasteiger partial charge in [0, 0.05) is 75.9 Å². The van der Waals surface area contributed by atoms with Crippen molar-refractivity contribution in [2.45, 2.75) is 19.4 Å². The van der Waals surface area contributed by atoms with Crippen molar-refractivity contribution in [2.24, 2.45) is 4.99 Å². The highest BCUT2D eigenvalue weighted by atomic mass is 32.1. The van der Waals surface area contributed by atoms with Gasteiger partial charge < -0.3 is 24.8 Å². The van der Waals surface area contributed by atoms with Crippen molar-refractivity contribution in [3.63, 3.8) is 0 Å². The van der Waals surface area contributed by atoms with Crippen molar-refractivity contribution in [3.8, 4) is 5.75 Å². The van der Waals surface area contributed by atoms with Crippen LogP contribution in [-0.2, 0) is 17.8 Å². The summed E-state index contributed by atoms with van der Waals surface area (Å²) in [5, 5.41) is 5.51. The maximum atomic E-state index is 12.6. The minimum Gasteiger partial charge on any atom is -0.497 e. The number of amides is 1. The Morgan fingerprint density at radius 1 is 1.16 bits per heavy atom. The molecule has 0 radical (unpaired) electrons. The number of fused-ring (bicyclic) bond motifs is 1. The highest BCUT2D eigenvalue weighted by Crippen LogP contribution is 2.24. The summed E-state index contributed by atoms with van der Waals surface area (Å²) in [6, 6.07) is 10.3. The molecule has 2 aliphatic rings. The number of anilines is 1. The van der Waals surface area contributed by atoms with E-state index in [2.05, 4.69) is 43.7 Å². The van der Waals surface area contributed by atoms with E-state index >= 15 is 0 Å². The first-order valence-corrected chi connectivity index (χ1v) is 11.7. The molecule has 1 aromatic heterocycles. The van der Waals surface area contributed by atoms with Crippen LogP contribution in [0.1, 0.15) is 16.9 Å². The maximum Gasteiger partial charge on any atom is 0.224 e. The number of carbonyl (C=O) groups excluding carboxylic acids is 1. The third-order valence-corrected chi connectivity index (χ3v) is 7.01. The van der Waals surface area contributed by atoms with Crippen molar-refractivity contribution < 1.29 is 9.53 Å². The lowest BCUT2D eigenvalue weighted by molar-refractivity contribution is -0.131. The molecule has 0 aliphatic carbocycles. The number of ether oxygens (including phenoxy) is 1. The van der Waals surface area contributed by atoms with Crippen LogP contribution in [0, 0.1) is 0 Å². The molecule has 0 spiro atoms. The second-order valence-corrected chi connectivity index (χ2v) is 8.83. The molecule has 1 fully saturated rings. The molecule has 1 amide bonds. The summed E-state index contributed by atoms with van der Waals surface area (Å²) in [6.07, 6.45) is 1.47. The Kier molecular flexibility index (Phi) is 6.96. The highest BCUT2D eigenvalue weighted by Gasteiger charge is 2.23. The molecule has 8 heteroatoms. The Balaban J connectivity index is 1.22. The smallest absolute Gasteiger partial charge is 0.224 e. The number of benzene rings is 1. The van der Waals surface area contributed by atoms with E-state index in [1.54, 1.807) is 25.5 Å². The summed E-state index contributed by atoms with van der Waals surface area (Å²) in [5.74, 6) is 1.96. The largest absolute Gasteiger partial charge is 0.497 e. The number of thiophene rings is 1. The van der Waals surface area contributed by atoms with Gasteiger partial charge in [0.1, 0.15) is 5.75 Å². The first-order chi connectivity index (χ1) is 15.2. The predicted octanol–water partition coefficient (Wildman–Crippen LogP) is 2.43. The molecule has 166 valence electrons. The van der Waals surface area contributed by atoms with Crippen LogP contribution in [-0.4, -0.2) is 75.1 Å². The molecule has 0 bridgehead atoms. The highest BCUT2D eigenvalue weighted by molar-refractivity contribution is 7.10. The Morgan fingerprint density at radius 3 is 2.77 bits per heavy atom. The Bertz CT molecular complexity index is 920. The van der Waals surface area contributed by atoms with Crippen molar-refractivity contribution in [2.75, 3.05) is 58.3 Å².